The van der Waals surface area contributed by atoms with Crippen LogP contribution in [0.4, 0.5) is 5.69 Å². The molecule has 1 amide bonds. The largest absolute Gasteiger partial charge is 0.496 e. The summed E-state index contributed by atoms with van der Waals surface area (Å²) in [5.74, 6) is 0.388. The molecule has 1 heterocycles. The Hall–Kier alpha value is -2.38. The summed E-state index contributed by atoms with van der Waals surface area (Å²) < 4.78 is 32.0. The van der Waals surface area contributed by atoms with E-state index in [1.807, 2.05) is 31.2 Å². The summed E-state index contributed by atoms with van der Waals surface area (Å²) in [6, 6.07) is 12.4. The van der Waals surface area contributed by atoms with Crippen molar-refractivity contribution in [1.29, 1.82) is 0 Å². The SMILES string of the molecule is COc1ccc(S(=O)(=O)N(C)CC(=O)N2c3ccccc3C[C@@H]2C)cc1C. The number of aryl methyl sites for hydroxylation is 1. The van der Waals surface area contributed by atoms with E-state index in [4.69, 9.17) is 4.74 Å². The lowest BCUT2D eigenvalue weighted by Crippen LogP contribution is -2.43. The average Bonchev–Trinajstić information content (AvgIpc) is 2.97. The maximum absolute atomic E-state index is 12.9. The minimum Gasteiger partial charge on any atom is -0.496 e. The third kappa shape index (κ3) is 3.57. The van der Waals surface area contributed by atoms with Crippen LogP contribution in [0.15, 0.2) is 47.4 Å². The molecule has 0 aromatic heterocycles. The number of fused-ring (bicyclic) bond motifs is 1. The van der Waals surface area contributed by atoms with Crippen LogP contribution in [-0.2, 0) is 21.2 Å². The Kier molecular flexibility index (Phi) is 5.26. The smallest absolute Gasteiger partial charge is 0.243 e. The first-order chi connectivity index (χ1) is 12.8. The van der Waals surface area contributed by atoms with Gasteiger partial charge in [-0.25, -0.2) is 8.42 Å². The molecule has 0 aliphatic carbocycles. The topological polar surface area (TPSA) is 66.9 Å². The van der Waals surface area contributed by atoms with Gasteiger partial charge in [-0.05, 0) is 55.7 Å². The number of likely N-dealkylation sites (N-methyl/N-ethyl adjacent to an activating group) is 1. The van der Waals surface area contributed by atoms with Crippen molar-refractivity contribution in [2.45, 2.75) is 31.2 Å². The Morgan fingerprint density at radius 3 is 2.63 bits per heavy atom. The second-order valence-electron chi connectivity index (χ2n) is 6.84. The van der Waals surface area contributed by atoms with E-state index in [-0.39, 0.29) is 23.4 Å². The summed E-state index contributed by atoms with van der Waals surface area (Å²) in [5.41, 5.74) is 2.69. The molecular weight excluding hydrogens is 364 g/mol. The van der Waals surface area contributed by atoms with Gasteiger partial charge >= 0.3 is 0 Å². The number of carbonyl (C=O) groups excluding carboxylic acids is 1. The molecule has 3 rings (SSSR count). The number of hydrogen-bond donors (Lipinski definition) is 0. The van der Waals surface area contributed by atoms with Crippen molar-refractivity contribution >= 4 is 21.6 Å². The molecule has 2 aromatic carbocycles. The van der Waals surface area contributed by atoms with Crippen molar-refractivity contribution in [3.05, 3.63) is 53.6 Å². The number of benzene rings is 2. The molecule has 1 aliphatic heterocycles. The number of nitrogens with zero attached hydrogens (tertiary/aromatic N) is 2. The van der Waals surface area contributed by atoms with Gasteiger partial charge in [0.15, 0.2) is 0 Å². The second kappa shape index (κ2) is 7.32. The molecule has 0 spiro atoms. The van der Waals surface area contributed by atoms with E-state index >= 15 is 0 Å². The van der Waals surface area contributed by atoms with Gasteiger partial charge < -0.3 is 9.64 Å². The van der Waals surface area contributed by atoms with Crippen LogP contribution in [0.3, 0.4) is 0 Å². The standard InChI is InChI=1S/C20H24N2O4S/c1-14-11-17(9-10-19(14)26-4)27(24,25)21(3)13-20(23)22-15(2)12-16-7-5-6-8-18(16)22/h5-11,15H,12-13H2,1-4H3/t15-/m0/s1. The fourth-order valence-corrected chi connectivity index (χ4v) is 4.69. The summed E-state index contributed by atoms with van der Waals surface area (Å²) in [6.45, 7) is 3.54. The number of carbonyl (C=O) groups is 1. The number of para-hydroxylation sites is 1. The van der Waals surface area contributed by atoms with Gasteiger partial charge in [0.25, 0.3) is 0 Å². The molecule has 0 fully saturated rings. The summed E-state index contributed by atoms with van der Waals surface area (Å²) in [6.07, 6.45) is 0.774. The monoisotopic (exact) mass is 388 g/mol. The predicted octanol–water partition coefficient (Wildman–Crippen LogP) is 2.60. The Bertz CT molecular complexity index is 972. The van der Waals surface area contributed by atoms with Gasteiger partial charge in [0.05, 0.1) is 18.6 Å². The van der Waals surface area contributed by atoms with Crippen LogP contribution < -0.4 is 9.64 Å². The van der Waals surface area contributed by atoms with E-state index in [0.717, 1.165) is 27.5 Å². The van der Waals surface area contributed by atoms with Gasteiger partial charge in [-0.15, -0.1) is 0 Å². The molecule has 0 bridgehead atoms. The van der Waals surface area contributed by atoms with Crippen molar-refractivity contribution in [3.63, 3.8) is 0 Å². The minimum absolute atomic E-state index is 0.00855. The van der Waals surface area contributed by atoms with Crippen LogP contribution in [0.1, 0.15) is 18.1 Å². The molecule has 1 atom stereocenters. The van der Waals surface area contributed by atoms with Gasteiger partial charge in [-0.1, -0.05) is 18.2 Å². The van der Waals surface area contributed by atoms with Gasteiger partial charge in [-0.3, -0.25) is 4.79 Å². The van der Waals surface area contributed by atoms with Crippen molar-refractivity contribution in [2.24, 2.45) is 0 Å². The number of methoxy groups -OCH3 is 1. The molecule has 144 valence electrons. The number of anilines is 1. The first-order valence-electron chi connectivity index (χ1n) is 8.76. The fourth-order valence-electron chi connectivity index (χ4n) is 3.49. The van der Waals surface area contributed by atoms with E-state index in [2.05, 4.69) is 0 Å². The summed E-state index contributed by atoms with van der Waals surface area (Å²) in [4.78, 5) is 14.7. The minimum atomic E-state index is -3.78. The van der Waals surface area contributed by atoms with Crippen LogP contribution in [0.2, 0.25) is 0 Å². The predicted molar refractivity (Wildman–Crippen MR) is 105 cm³/mol. The van der Waals surface area contributed by atoms with E-state index in [1.54, 1.807) is 24.0 Å². The van der Waals surface area contributed by atoms with Crippen molar-refractivity contribution in [2.75, 3.05) is 25.6 Å². The molecular formula is C20H24N2O4S. The van der Waals surface area contributed by atoms with Crippen LogP contribution in [0.5, 0.6) is 5.75 Å². The number of hydrogen-bond acceptors (Lipinski definition) is 4. The van der Waals surface area contributed by atoms with Crippen LogP contribution >= 0.6 is 0 Å². The van der Waals surface area contributed by atoms with Gasteiger partial charge in [-0.2, -0.15) is 4.31 Å². The highest BCUT2D eigenvalue weighted by atomic mass is 32.2. The zero-order valence-electron chi connectivity index (χ0n) is 16.0. The third-order valence-electron chi connectivity index (χ3n) is 4.91. The lowest BCUT2D eigenvalue weighted by molar-refractivity contribution is -0.118. The van der Waals surface area contributed by atoms with Crippen molar-refractivity contribution in [3.8, 4) is 5.75 Å². The maximum Gasteiger partial charge on any atom is 0.243 e. The van der Waals surface area contributed by atoms with Crippen LogP contribution in [0, 0.1) is 6.92 Å². The Morgan fingerprint density at radius 1 is 1.26 bits per heavy atom. The summed E-state index contributed by atoms with van der Waals surface area (Å²) in [7, 11) is -0.808. The molecule has 0 saturated carbocycles. The van der Waals surface area contributed by atoms with E-state index in [9.17, 15) is 13.2 Å². The Morgan fingerprint density at radius 2 is 1.96 bits per heavy atom. The average molecular weight is 388 g/mol. The zero-order chi connectivity index (χ0) is 19.8. The third-order valence-corrected chi connectivity index (χ3v) is 6.71. The van der Waals surface area contributed by atoms with E-state index in [1.165, 1.54) is 20.2 Å². The molecule has 0 radical (unpaired) electrons. The fraction of sp³-hybridized carbons (Fsp3) is 0.350. The lowest BCUT2D eigenvalue weighted by Gasteiger charge is -2.25. The van der Waals surface area contributed by atoms with E-state index < -0.39 is 10.0 Å². The highest BCUT2D eigenvalue weighted by Gasteiger charge is 2.33. The molecule has 27 heavy (non-hydrogen) atoms. The number of amides is 1. The quantitative estimate of drug-likeness (QED) is 0.790. The molecule has 2 aromatic rings. The molecule has 1 aliphatic rings. The lowest BCUT2D eigenvalue weighted by atomic mass is 10.1. The van der Waals surface area contributed by atoms with Crippen LogP contribution in [0.25, 0.3) is 0 Å². The highest BCUT2D eigenvalue weighted by Crippen LogP contribution is 2.32. The van der Waals surface area contributed by atoms with Gasteiger partial charge in [0.1, 0.15) is 5.75 Å². The van der Waals surface area contributed by atoms with Crippen molar-refractivity contribution in [1.82, 2.24) is 4.31 Å². The maximum atomic E-state index is 12.9. The number of sulfonamides is 1. The Balaban J connectivity index is 1.81. The van der Waals surface area contributed by atoms with Gasteiger partial charge in [0, 0.05) is 18.8 Å². The molecule has 0 N–H and O–H groups in total. The highest BCUT2D eigenvalue weighted by molar-refractivity contribution is 7.89. The van der Waals surface area contributed by atoms with E-state index in [0.29, 0.717) is 5.75 Å². The first-order valence-corrected chi connectivity index (χ1v) is 10.2. The summed E-state index contributed by atoms with van der Waals surface area (Å²) in [5, 5.41) is 0. The molecule has 6 nitrogen and oxygen atoms in total. The number of rotatable bonds is 5. The molecule has 7 heteroatoms. The second-order valence-corrected chi connectivity index (χ2v) is 8.88. The van der Waals surface area contributed by atoms with Crippen LogP contribution in [-0.4, -0.2) is 45.4 Å². The molecule has 0 saturated heterocycles. The number of ether oxygens (including phenoxy) is 1. The van der Waals surface area contributed by atoms with Crippen molar-refractivity contribution < 1.29 is 17.9 Å². The normalized spacial score (nSPS) is 16.5. The van der Waals surface area contributed by atoms with Gasteiger partial charge in [0.2, 0.25) is 15.9 Å². The summed E-state index contributed by atoms with van der Waals surface area (Å²) >= 11 is 0. The Labute approximate surface area is 160 Å². The molecule has 0 unspecified atom stereocenters. The zero-order valence-corrected chi connectivity index (χ0v) is 16.8. The first kappa shape index (κ1) is 19.4.